The molecule has 1 rings (SSSR count). The van der Waals surface area contributed by atoms with Crippen LogP contribution in [0.3, 0.4) is 0 Å². The Morgan fingerprint density at radius 2 is 2.06 bits per heavy atom. The van der Waals surface area contributed by atoms with Crippen LogP contribution >= 0.6 is 0 Å². The van der Waals surface area contributed by atoms with Crippen LogP contribution in [0.4, 0.5) is 0 Å². The molecular weight excluding hydrogens is 222 g/mol. The predicted octanol–water partition coefficient (Wildman–Crippen LogP) is 2.57. The average molecular weight is 251 g/mol. The number of nitrogens with one attached hydrogen (secondary N) is 1. The molecule has 1 heterocycles. The quantitative estimate of drug-likeness (QED) is 0.766. The second kappa shape index (κ2) is 7.59. The van der Waals surface area contributed by atoms with Gasteiger partial charge in [-0.1, -0.05) is 20.8 Å². The van der Waals surface area contributed by atoms with Crippen molar-refractivity contribution in [1.82, 2.24) is 14.8 Å². The van der Waals surface area contributed by atoms with E-state index in [-0.39, 0.29) is 0 Å². The van der Waals surface area contributed by atoms with Gasteiger partial charge in [0.1, 0.15) is 0 Å². The van der Waals surface area contributed by atoms with Crippen molar-refractivity contribution in [2.75, 3.05) is 20.6 Å². The van der Waals surface area contributed by atoms with E-state index in [9.17, 15) is 0 Å². The highest BCUT2D eigenvalue weighted by Gasteiger charge is 2.14. The normalized spacial score (nSPS) is 13.5. The number of hydrogen-bond donors (Lipinski definition) is 1. The lowest BCUT2D eigenvalue weighted by Gasteiger charge is -2.28. The smallest absolute Gasteiger partial charge is 0.0359 e. The zero-order valence-corrected chi connectivity index (χ0v) is 12.6. The third-order valence-corrected chi connectivity index (χ3v) is 3.48. The van der Waals surface area contributed by atoms with Gasteiger partial charge in [-0.3, -0.25) is 0 Å². The Morgan fingerprint density at radius 1 is 1.33 bits per heavy atom. The summed E-state index contributed by atoms with van der Waals surface area (Å²) in [5.74, 6) is 0.676. The highest BCUT2D eigenvalue weighted by molar-refractivity contribution is 5.06. The van der Waals surface area contributed by atoms with Crippen LogP contribution in [0.5, 0.6) is 0 Å². The Kier molecular flexibility index (Phi) is 6.44. The van der Waals surface area contributed by atoms with Crippen molar-refractivity contribution in [3.05, 3.63) is 24.0 Å². The molecule has 3 heteroatoms. The first-order chi connectivity index (χ1) is 8.56. The number of likely N-dealkylation sites (N-methyl/N-ethyl adjacent to an activating group) is 1. The van der Waals surface area contributed by atoms with Gasteiger partial charge in [0.25, 0.3) is 0 Å². The van der Waals surface area contributed by atoms with Gasteiger partial charge in [-0.2, -0.15) is 0 Å². The first-order valence-electron chi connectivity index (χ1n) is 7.07. The van der Waals surface area contributed by atoms with Gasteiger partial charge in [-0.15, -0.1) is 0 Å². The molecule has 3 nitrogen and oxygen atoms in total. The van der Waals surface area contributed by atoms with E-state index in [1.54, 1.807) is 0 Å². The van der Waals surface area contributed by atoms with Crippen LogP contribution < -0.4 is 5.32 Å². The first-order valence-corrected chi connectivity index (χ1v) is 7.07. The van der Waals surface area contributed by atoms with E-state index in [0.717, 1.165) is 19.6 Å². The summed E-state index contributed by atoms with van der Waals surface area (Å²) in [7, 11) is 4.32. The first kappa shape index (κ1) is 15.3. The highest BCUT2D eigenvalue weighted by atomic mass is 15.1. The molecular formula is C15H29N3. The maximum Gasteiger partial charge on any atom is 0.0359 e. The van der Waals surface area contributed by atoms with Crippen molar-refractivity contribution in [1.29, 1.82) is 0 Å². The highest BCUT2D eigenvalue weighted by Crippen LogP contribution is 2.07. The molecule has 0 fully saturated rings. The zero-order chi connectivity index (χ0) is 13.5. The predicted molar refractivity (Wildman–Crippen MR) is 78.7 cm³/mol. The molecule has 0 aliphatic carbocycles. The summed E-state index contributed by atoms with van der Waals surface area (Å²) in [4.78, 5) is 2.31. The largest absolute Gasteiger partial charge is 0.350 e. The van der Waals surface area contributed by atoms with Gasteiger partial charge in [0.2, 0.25) is 0 Å². The molecule has 1 unspecified atom stereocenters. The average Bonchev–Trinajstić information content (AvgIpc) is 2.71. The van der Waals surface area contributed by atoms with E-state index in [4.69, 9.17) is 0 Å². The van der Waals surface area contributed by atoms with Crippen molar-refractivity contribution in [2.45, 2.75) is 46.3 Å². The Bertz CT molecular complexity index is 320. The van der Waals surface area contributed by atoms with Gasteiger partial charge in [-0.25, -0.2) is 0 Å². The minimum absolute atomic E-state index is 0.597. The van der Waals surface area contributed by atoms with E-state index in [1.807, 2.05) is 0 Å². The van der Waals surface area contributed by atoms with Crippen LogP contribution in [-0.4, -0.2) is 36.1 Å². The van der Waals surface area contributed by atoms with Crippen molar-refractivity contribution in [2.24, 2.45) is 5.92 Å². The SMILES string of the molecule is CCCn1cccc1CNCC(C(C)C)N(C)C. The Hall–Kier alpha value is -0.800. The number of nitrogens with zero attached hydrogens (tertiary/aromatic N) is 2. The minimum Gasteiger partial charge on any atom is -0.350 e. The molecule has 1 aromatic rings. The number of aromatic nitrogens is 1. The van der Waals surface area contributed by atoms with Gasteiger partial charge in [-0.05, 0) is 38.6 Å². The lowest BCUT2D eigenvalue weighted by molar-refractivity contribution is 0.224. The number of hydrogen-bond acceptors (Lipinski definition) is 2. The molecule has 0 radical (unpaired) electrons. The van der Waals surface area contributed by atoms with Gasteiger partial charge in [0, 0.05) is 37.6 Å². The molecule has 1 N–H and O–H groups in total. The summed E-state index contributed by atoms with van der Waals surface area (Å²) in [6.07, 6.45) is 3.36. The fourth-order valence-electron chi connectivity index (χ4n) is 2.43. The van der Waals surface area contributed by atoms with E-state index in [1.165, 1.54) is 12.1 Å². The molecule has 0 saturated heterocycles. The van der Waals surface area contributed by atoms with Gasteiger partial charge < -0.3 is 14.8 Å². The molecule has 0 saturated carbocycles. The zero-order valence-electron chi connectivity index (χ0n) is 12.6. The maximum atomic E-state index is 3.59. The van der Waals surface area contributed by atoms with Crippen LogP contribution in [0.2, 0.25) is 0 Å². The van der Waals surface area contributed by atoms with Crippen LogP contribution in [0, 0.1) is 5.92 Å². The van der Waals surface area contributed by atoms with Gasteiger partial charge in [0.15, 0.2) is 0 Å². The van der Waals surface area contributed by atoms with Crippen LogP contribution in [0.1, 0.15) is 32.9 Å². The summed E-state index contributed by atoms with van der Waals surface area (Å²) in [6, 6.07) is 4.95. The van der Waals surface area contributed by atoms with Gasteiger partial charge >= 0.3 is 0 Å². The van der Waals surface area contributed by atoms with Crippen LogP contribution in [0.25, 0.3) is 0 Å². The van der Waals surface area contributed by atoms with Crippen LogP contribution in [-0.2, 0) is 13.1 Å². The molecule has 0 aliphatic rings. The molecule has 1 aromatic heterocycles. The molecule has 0 spiro atoms. The molecule has 0 aliphatic heterocycles. The fraction of sp³-hybridized carbons (Fsp3) is 0.733. The molecule has 1 atom stereocenters. The van der Waals surface area contributed by atoms with Gasteiger partial charge in [0.05, 0.1) is 0 Å². The molecule has 0 aromatic carbocycles. The summed E-state index contributed by atoms with van der Waals surface area (Å²) in [5, 5.41) is 3.59. The van der Waals surface area contributed by atoms with Crippen molar-refractivity contribution >= 4 is 0 Å². The van der Waals surface area contributed by atoms with Crippen LogP contribution in [0.15, 0.2) is 18.3 Å². The monoisotopic (exact) mass is 251 g/mol. The third-order valence-electron chi connectivity index (χ3n) is 3.48. The van der Waals surface area contributed by atoms with Crippen molar-refractivity contribution in [3.63, 3.8) is 0 Å². The lowest BCUT2D eigenvalue weighted by atomic mass is 10.0. The Morgan fingerprint density at radius 3 is 2.61 bits per heavy atom. The summed E-state index contributed by atoms with van der Waals surface area (Å²) in [6.45, 7) is 9.91. The fourth-order valence-corrected chi connectivity index (χ4v) is 2.43. The second-order valence-corrected chi connectivity index (χ2v) is 5.60. The Balaban J connectivity index is 2.42. The maximum absolute atomic E-state index is 3.59. The third kappa shape index (κ3) is 4.46. The second-order valence-electron chi connectivity index (χ2n) is 5.60. The Labute approximate surface area is 112 Å². The number of rotatable bonds is 8. The standard InChI is InChI=1S/C15H29N3/c1-6-9-18-10-7-8-14(18)11-16-12-15(13(2)3)17(4)5/h7-8,10,13,15-16H,6,9,11-12H2,1-5H3. The van der Waals surface area contributed by atoms with Crippen molar-refractivity contribution < 1.29 is 0 Å². The molecule has 18 heavy (non-hydrogen) atoms. The van der Waals surface area contributed by atoms with Crippen molar-refractivity contribution in [3.8, 4) is 0 Å². The van der Waals surface area contributed by atoms with E-state index in [2.05, 4.69) is 68.0 Å². The summed E-state index contributed by atoms with van der Waals surface area (Å²) < 4.78 is 2.34. The minimum atomic E-state index is 0.597. The lowest BCUT2D eigenvalue weighted by Crippen LogP contribution is -2.41. The molecule has 0 amide bonds. The number of aryl methyl sites for hydroxylation is 1. The van der Waals surface area contributed by atoms with E-state index >= 15 is 0 Å². The topological polar surface area (TPSA) is 20.2 Å². The van der Waals surface area contributed by atoms with E-state index in [0.29, 0.717) is 12.0 Å². The molecule has 104 valence electrons. The summed E-state index contributed by atoms with van der Waals surface area (Å²) in [5.41, 5.74) is 1.39. The van der Waals surface area contributed by atoms with E-state index < -0.39 is 0 Å². The summed E-state index contributed by atoms with van der Waals surface area (Å²) >= 11 is 0. The molecule has 0 bridgehead atoms.